The standard InChI is InChI=1S/C17H13ClN4OS/c1-10-21-16-12(15(24-10)11-5-4-8-19-17(11)23)9-20-22(16)14-7-3-2-6-13(14)18/h2-9,15H,1H3,(H,19,23). The fraction of sp³-hybridized carbons (Fsp3) is 0.118. The van der Waals surface area contributed by atoms with E-state index in [2.05, 4.69) is 15.1 Å². The van der Waals surface area contributed by atoms with Gasteiger partial charge >= 0.3 is 0 Å². The molecule has 5 nitrogen and oxygen atoms in total. The number of pyridine rings is 1. The number of benzene rings is 1. The van der Waals surface area contributed by atoms with Crippen LogP contribution >= 0.6 is 23.4 Å². The van der Waals surface area contributed by atoms with E-state index >= 15 is 0 Å². The molecule has 1 atom stereocenters. The van der Waals surface area contributed by atoms with Gasteiger partial charge in [-0.1, -0.05) is 41.6 Å². The molecule has 1 unspecified atom stereocenters. The molecular weight excluding hydrogens is 344 g/mol. The third kappa shape index (κ3) is 2.48. The van der Waals surface area contributed by atoms with E-state index in [1.807, 2.05) is 43.3 Å². The zero-order valence-electron chi connectivity index (χ0n) is 12.7. The quantitative estimate of drug-likeness (QED) is 0.751. The Balaban J connectivity index is 1.90. The van der Waals surface area contributed by atoms with E-state index in [1.54, 1.807) is 28.8 Å². The van der Waals surface area contributed by atoms with E-state index in [9.17, 15) is 4.79 Å². The lowest BCUT2D eigenvalue weighted by Crippen LogP contribution is -2.16. The minimum Gasteiger partial charge on any atom is -0.329 e. The van der Waals surface area contributed by atoms with Gasteiger partial charge in [-0.15, -0.1) is 0 Å². The molecule has 7 heteroatoms. The summed E-state index contributed by atoms with van der Waals surface area (Å²) in [6.45, 7) is 1.93. The highest BCUT2D eigenvalue weighted by Crippen LogP contribution is 2.45. The first-order chi connectivity index (χ1) is 11.6. The second-order valence-corrected chi connectivity index (χ2v) is 7.08. The molecule has 120 valence electrons. The lowest BCUT2D eigenvalue weighted by molar-refractivity contribution is 0.880. The molecule has 2 aromatic heterocycles. The van der Waals surface area contributed by atoms with Crippen LogP contribution in [0.25, 0.3) is 5.69 Å². The minimum atomic E-state index is -0.140. The van der Waals surface area contributed by atoms with Crippen LogP contribution in [0.4, 0.5) is 5.82 Å². The van der Waals surface area contributed by atoms with Crippen molar-refractivity contribution < 1.29 is 0 Å². The summed E-state index contributed by atoms with van der Waals surface area (Å²) in [6, 6.07) is 11.2. The average molecular weight is 357 g/mol. The van der Waals surface area contributed by atoms with Crippen LogP contribution in [0, 0.1) is 0 Å². The molecule has 1 aromatic carbocycles. The SMILES string of the molecule is CC1=Nc2c(cnn2-c2ccccc2Cl)C(c2ccc[nH]c2=O)S1. The zero-order valence-corrected chi connectivity index (χ0v) is 14.3. The first-order valence-electron chi connectivity index (χ1n) is 7.37. The van der Waals surface area contributed by atoms with E-state index in [0.717, 1.165) is 16.3 Å². The fourth-order valence-corrected chi connectivity index (χ4v) is 4.03. The number of aromatic amines is 1. The monoisotopic (exact) mass is 356 g/mol. The largest absolute Gasteiger partial charge is 0.329 e. The highest BCUT2D eigenvalue weighted by molar-refractivity contribution is 8.14. The van der Waals surface area contributed by atoms with Crippen LogP contribution < -0.4 is 5.56 Å². The van der Waals surface area contributed by atoms with Crippen LogP contribution in [-0.4, -0.2) is 19.8 Å². The number of halogens is 1. The van der Waals surface area contributed by atoms with Crippen molar-refractivity contribution in [2.45, 2.75) is 12.2 Å². The van der Waals surface area contributed by atoms with Crippen molar-refractivity contribution in [1.82, 2.24) is 14.8 Å². The predicted molar refractivity (Wildman–Crippen MR) is 97.8 cm³/mol. The van der Waals surface area contributed by atoms with E-state index in [-0.39, 0.29) is 10.8 Å². The van der Waals surface area contributed by atoms with Crippen LogP contribution in [0.5, 0.6) is 0 Å². The predicted octanol–water partition coefficient (Wildman–Crippen LogP) is 4.10. The number of hydrogen-bond acceptors (Lipinski definition) is 4. The van der Waals surface area contributed by atoms with E-state index in [4.69, 9.17) is 11.6 Å². The summed E-state index contributed by atoms with van der Waals surface area (Å²) >= 11 is 7.86. The second-order valence-electron chi connectivity index (χ2n) is 5.37. The lowest BCUT2D eigenvalue weighted by Gasteiger charge is -2.20. The van der Waals surface area contributed by atoms with Crippen molar-refractivity contribution in [2.24, 2.45) is 4.99 Å². The molecule has 1 aliphatic rings. The van der Waals surface area contributed by atoms with Crippen molar-refractivity contribution in [3.05, 3.63) is 75.3 Å². The molecule has 0 bridgehead atoms. The Morgan fingerprint density at radius 1 is 1.21 bits per heavy atom. The van der Waals surface area contributed by atoms with Gasteiger partial charge in [-0.2, -0.15) is 5.10 Å². The molecule has 0 aliphatic carbocycles. The maximum absolute atomic E-state index is 12.2. The van der Waals surface area contributed by atoms with Gasteiger partial charge in [0.25, 0.3) is 5.56 Å². The molecule has 3 heterocycles. The van der Waals surface area contributed by atoms with Gasteiger partial charge in [-0.25, -0.2) is 9.67 Å². The number of aromatic nitrogens is 3. The van der Waals surface area contributed by atoms with Crippen LogP contribution in [0.3, 0.4) is 0 Å². The van der Waals surface area contributed by atoms with Crippen molar-refractivity contribution in [3.8, 4) is 5.69 Å². The number of aliphatic imine (C=N–C) groups is 1. The first-order valence-corrected chi connectivity index (χ1v) is 8.63. The van der Waals surface area contributed by atoms with Crippen LogP contribution in [-0.2, 0) is 0 Å². The summed E-state index contributed by atoms with van der Waals surface area (Å²) in [6.07, 6.45) is 3.40. The van der Waals surface area contributed by atoms with Gasteiger partial charge in [0.05, 0.1) is 27.2 Å². The smallest absolute Gasteiger partial charge is 0.252 e. The molecule has 1 aliphatic heterocycles. The van der Waals surface area contributed by atoms with E-state index in [0.29, 0.717) is 16.4 Å². The molecule has 0 spiro atoms. The maximum atomic E-state index is 12.2. The zero-order chi connectivity index (χ0) is 16.7. The molecule has 0 saturated heterocycles. The summed E-state index contributed by atoms with van der Waals surface area (Å²) in [4.78, 5) is 19.6. The summed E-state index contributed by atoms with van der Waals surface area (Å²) in [5.74, 6) is 0.715. The van der Waals surface area contributed by atoms with Crippen molar-refractivity contribution >= 4 is 34.2 Å². The van der Waals surface area contributed by atoms with Crippen molar-refractivity contribution in [3.63, 3.8) is 0 Å². The Labute approximate surface area is 147 Å². The maximum Gasteiger partial charge on any atom is 0.252 e. The number of hydrogen-bond donors (Lipinski definition) is 1. The third-order valence-corrected chi connectivity index (χ3v) is 5.31. The number of para-hydroxylation sites is 1. The minimum absolute atomic E-state index is 0.0962. The molecular formula is C17H13ClN4OS. The average Bonchev–Trinajstić information content (AvgIpc) is 2.99. The number of nitrogens with zero attached hydrogens (tertiary/aromatic N) is 3. The van der Waals surface area contributed by atoms with Gasteiger partial charge in [-0.3, -0.25) is 4.79 Å². The third-order valence-electron chi connectivity index (χ3n) is 3.82. The number of thioether (sulfide) groups is 1. The topological polar surface area (TPSA) is 63.0 Å². The molecule has 4 rings (SSSR count). The Bertz CT molecular complexity index is 1010. The van der Waals surface area contributed by atoms with E-state index < -0.39 is 0 Å². The first kappa shape index (κ1) is 15.2. The Morgan fingerprint density at radius 2 is 2.04 bits per heavy atom. The van der Waals surface area contributed by atoms with Gasteiger partial charge < -0.3 is 4.98 Å². The van der Waals surface area contributed by atoms with Crippen LogP contribution in [0.1, 0.15) is 23.3 Å². The summed E-state index contributed by atoms with van der Waals surface area (Å²) in [7, 11) is 0. The second kappa shape index (κ2) is 5.96. The number of H-pyrrole nitrogens is 1. The summed E-state index contributed by atoms with van der Waals surface area (Å²) in [5, 5.41) is 5.81. The molecule has 24 heavy (non-hydrogen) atoms. The highest BCUT2D eigenvalue weighted by atomic mass is 35.5. The lowest BCUT2D eigenvalue weighted by atomic mass is 10.1. The molecule has 3 aromatic rings. The number of fused-ring (bicyclic) bond motifs is 1. The van der Waals surface area contributed by atoms with Gasteiger partial charge in [-0.05, 0) is 25.1 Å². The number of nitrogens with one attached hydrogen (secondary N) is 1. The Kier molecular flexibility index (Phi) is 3.78. The highest BCUT2D eigenvalue weighted by Gasteiger charge is 2.29. The van der Waals surface area contributed by atoms with Gasteiger partial charge in [0.1, 0.15) is 0 Å². The number of rotatable bonds is 2. The molecule has 0 fully saturated rings. The summed E-state index contributed by atoms with van der Waals surface area (Å²) < 4.78 is 1.73. The van der Waals surface area contributed by atoms with Gasteiger partial charge in [0, 0.05) is 17.3 Å². The van der Waals surface area contributed by atoms with Crippen LogP contribution in [0.15, 0.2) is 58.6 Å². The normalized spacial score (nSPS) is 16.6. The fourth-order valence-electron chi connectivity index (χ4n) is 2.73. The molecule has 0 saturated carbocycles. The summed E-state index contributed by atoms with van der Waals surface area (Å²) in [5.41, 5.74) is 2.27. The van der Waals surface area contributed by atoms with Gasteiger partial charge in [0.15, 0.2) is 5.82 Å². The van der Waals surface area contributed by atoms with E-state index in [1.165, 1.54) is 0 Å². The van der Waals surface area contributed by atoms with Gasteiger partial charge in [0.2, 0.25) is 0 Å². The van der Waals surface area contributed by atoms with Crippen LogP contribution in [0.2, 0.25) is 5.02 Å². The van der Waals surface area contributed by atoms with Crippen molar-refractivity contribution in [1.29, 1.82) is 0 Å². The molecule has 0 amide bonds. The molecule has 0 radical (unpaired) electrons. The Hall–Kier alpha value is -2.31. The molecule has 1 N–H and O–H groups in total. The van der Waals surface area contributed by atoms with Crippen molar-refractivity contribution in [2.75, 3.05) is 0 Å². The Morgan fingerprint density at radius 3 is 2.83 bits per heavy atom.